The lowest BCUT2D eigenvalue weighted by atomic mass is 10.1. The molecular weight excluding hydrogens is 403 g/mol. The predicted octanol–water partition coefficient (Wildman–Crippen LogP) is 4.18. The first-order chi connectivity index (χ1) is 15.7. The van der Waals surface area contributed by atoms with Crippen molar-refractivity contribution in [3.63, 3.8) is 0 Å². The zero-order valence-corrected chi connectivity index (χ0v) is 17.8. The largest absolute Gasteiger partial charge is 0.336 e. The number of carbonyl (C=O) groups excluding carboxylic acids is 1. The molecule has 1 fully saturated rings. The lowest BCUT2D eigenvalue weighted by Crippen LogP contribution is -2.48. The van der Waals surface area contributed by atoms with Gasteiger partial charge in [-0.1, -0.05) is 54.6 Å². The van der Waals surface area contributed by atoms with Gasteiger partial charge in [-0.3, -0.25) is 9.69 Å². The van der Waals surface area contributed by atoms with Crippen molar-refractivity contribution in [3.8, 4) is 0 Å². The molecule has 0 aliphatic carbocycles. The molecule has 0 saturated carbocycles. The Bertz CT molecular complexity index is 1230. The summed E-state index contributed by atoms with van der Waals surface area (Å²) in [4.78, 5) is 21.7. The van der Waals surface area contributed by atoms with Crippen molar-refractivity contribution in [3.05, 3.63) is 102 Å². The maximum absolute atomic E-state index is 14.0. The zero-order chi connectivity index (χ0) is 21.9. The van der Waals surface area contributed by atoms with Crippen LogP contribution < -0.4 is 0 Å². The Hall–Kier alpha value is -3.51. The van der Waals surface area contributed by atoms with E-state index in [2.05, 4.69) is 39.8 Å². The first-order valence-corrected chi connectivity index (χ1v) is 10.9. The van der Waals surface area contributed by atoms with Crippen molar-refractivity contribution >= 4 is 16.9 Å². The van der Waals surface area contributed by atoms with Gasteiger partial charge in [0.25, 0.3) is 5.91 Å². The van der Waals surface area contributed by atoms with E-state index in [1.54, 1.807) is 23.1 Å². The average molecular weight is 429 g/mol. The van der Waals surface area contributed by atoms with Crippen molar-refractivity contribution in [1.29, 1.82) is 0 Å². The van der Waals surface area contributed by atoms with Gasteiger partial charge in [-0.05, 0) is 29.8 Å². The van der Waals surface area contributed by atoms with Crippen LogP contribution in [-0.4, -0.2) is 51.4 Å². The number of halogens is 1. The molecule has 1 saturated heterocycles. The van der Waals surface area contributed by atoms with Crippen LogP contribution in [0.1, 0.15) is 21.7 Å². The van der Waals surface area contributed by atoms with Crippen molar-refractivity contribution in [1.82, 2.24) is 19.4 Å². The molecule has 6 heteroatoms. The molecule has 2 heterocycles. The minimum Gasteiger partial charge on any atom is -0.336 e. The molecule has 162 valence electrons. The minimum atomic E-state index is -0.463. The Labute approximate surface area is 186 Å². The molecule has 1 aliphatic heterocycles. The van der Waals surface area contributed by atoms with Gasteiger partial charge in [0.05, 0.1) is 23.1 Å². The summed E-state index contributed by atoms with van der Waals surface area (Å²) in [6, 6.07) is 24.8. The minimum absolute atomic E-state index is 0.144. The normalized spacial score (nSPS) is 14.7. The van der Waals surface area contributed by atoms with Crippen LogP contribution in [0.5, 0.6) is 0 Å². The number of carbonyl (C=O) groups is 1. The standard InChI is InChI=1S/C26H25FN4O/c27-22-11-5-4-10-21(22)26(32)30-16-14-29(15-17-30)19-25-28-23-12-6-7-13-24(23)31(25)18-20-8-2-1-3-9-20/h1-13H,14-19H2. The molecule has 1 amide bonds. The number of fused-ring (bicyclic) bond motifs is 1. The summed E-state index contributed by atoms with van der Waals surface area (Å²) in [5.41, 5.74) is 3.49. The molecule has 3 aromatic carbocycles. The Morgan fingerprint density at radius 2 is 1.50 bits per heavy atom. The van der Waals surface area contributed by atoms with Gasteiger partial charge in [-0.25, -0.2) is 9.37 Å². The Morgan fingerprint density at radius 1 is 0.812 bits per heavy atom. The van der Waals surface area contributed by atoms with Crippen LogP contribution in [0.4, 0.5) is 4.39 Å². The molecule has 32 heavy (non-hydrogen) atoms. The molecule has 1 aliphatic rings. The second-order valence-electron chi connectivity index (χ2n) is 8.14. The number of imidazole rings is 1. The summed E-state index contributed by atoms with van der Waals surface area (Å²) in [7, 11) is 0. The molecule has 0 bridgehead atoms. The van der Waals surface area contributed by atoms with E-state index >= 15 is 0 Å². The number of rotatable bonds is 5. The Kier molecular flexibility index (Phi) is 5.69. The van der Waals surface area contributed by atoms with Crippen molar-refractivity contribution in [2.24, 2.45) is 0 Å². The molecule has 0 radical (unpaired) electrons. The van der Waals surface area contributed by atoms with E-state index < -0.39 is 5.82 Å². The summed E-state index contributed by atoms with van der Waals surface area (Å²) in [6.07, 6.45) is 0. The topological polar surface area (TPSA) is 41.4 Å². The van der Waals surface area contributed by atoms with Crippen LogP contribution in [0.25, 0.3) is 11.0 Å². The summed E-state index contributed by atoms with van der Waals surface area (Å²) >= 11 is 0. The van der Waals surface area contributed by atoms with Gasteiger partial charge in [0, 0.05) is 32.7 Å². The van der Waals surface area contributed by atoms with Gasteiger partial charge in [-0.2, -0.15) is 0 Å². The van der Waals surface area contributed by atoms with Gasteiger partial charge < -0.3 is 9.47 Å². The van der Waals surface area contributed by atoms with E-state index in [1.807, 2.05) is 24.3 Å². The van der Waals surface area contributed by atoms with Crippen molar-refractivity contribution in [2.45, 2.75) is 13.1 Å². The average Bonchev–Trinajstić information content (AvgIpc) is 3.17. The quantitative estimate of drug-likeness (QED) is 0.479. The molecule has 1 aromatic heterocycles. The van der Waals surface area contributed by atoms with E-state index in [9.17, 15) is 9.18 Å². The highest BCUT2D eigenvalue weighted by Gasteiger charge is 2.25. The van der Waals surface area contributed by atoms with Gasteiger partial charge >= 0.3 is 0 Å². The molecule has 0 spiro atoms. The number of hydrogen-bond donors (Lipinski definition) is 0. The number of aromatic nitrogens is 2. The van der Waals surface area contributed by atoms with E-state index in [1.165, 1.54) is 11.6 Å². The lowest BCUT2D eigenvalue weighted by Gasteiger charge is -2.34. The van der Waals surface area contributed by atoms with E-state index in [-0.39, 0.29) is 11.5 Å². The smallest absolute Gasteiger partial charge is 0.256 e. The van der Waals surface area contributed by atoms with Crippen LogP contribution in [0.15, 0.2) is 78.9 Å². The summed E-state index contributed by atoms with van der Waals surface area (Å²) in [5, 5.41) is 0. The van der Waals surface area contributed by atoms with Gasteiger partial charge in [0.15, 0.2) is 0 Å². The van der Waals surface area contributed by atoms with Gasteiger partial charge in [0.2, 0.25) is 0 Å². The van der Waals surface area contributed by atoms with Crippen LogP contribution in [0, 0.1) is 5.82 Å². The first-order valence-electron chi connectivity index (χ1n) is 10.9. The monoisotopic (exact) mass is 428 g/mol. The molecule has 5 rings (SSSR count). The number of hydrogen-bond acceptors (Lipinski definition) is 3. The van der Waals surface area contributed by atoms with E-state index in [0.717, 1.165) is 36.5 Å². The molecule has 0 N–H and O–H groups in total. The second-order valence-corrected chi connectivity index (χ2v) is 8.14. The number of nitrogens with zero attached hydrogens (tertiary/aromatic N) is 4. The molecule has 0 atom stereocenters. The predicted molar refractivity (Wildman–Crippen MR) is 123 cm³/mol. The molecular formula is C26H25FN4O. The zero-order valence-electron chi connectivity index (χ0n) is 17.8. The van der Waals surface area contributed by atoms with Crippen molar-refractivity contribution in [2.75, 3.05) is 26.2 Å². The first kappa shape index (κ1) is 20.4. The van der Waals surface area contributed by atoms with Gasteiger partial charge in [0.1, 0.15) is 11.6 Å². The highest BCUT2D eigenvalue weighted by molar-refractivity contribution is 5.94. The Balaban J connectivity index is 1.31. The summed E-state index contributed by atoms with van der Waals surface area (Å²) < 4.78 is 16.3. The highest BCUT2D eigenvalue weighted by Crippen LogP contribution is 2.20. The summed E-state index contributed by atoms with van der Waals surface area (Å²) in [6.45, 7) is 4.09. The third-order valence-corrected chi connectivity index (χ3v) is 6.05. The Morgan fingerprint density at radius 3 is 2.28 bits per heavy atom. The van der Waals surface area contributed by atoms with E-state index in [0.29, 0.717) is 19.6 Å². The maximum Gasteiger partial charge on any atom is 0.256 e. The number of piperazine rings is 1. The number of benzene rings is 3. The fourth-order valence-corrected chi connectivity index (χ4v) is 4.30. The number of para-hydroxylation sites is 2. The van der Waals surface area contributed by atoms with E-state index in [4.69, 9.17) is 4.98 Å². The van der Waals surface area contributed by atoms with Crippen molar-refractivity contribution < 1.29 is 9.18 Å². The molecule has 0 unspecified atom stereocenters. The van der Waals surface area contributed by atoms with Gasteiger partial charge in [-0.15, -0.1) is 0 Å². The number of amides is 1. The van der Waals surface area contributed by atoms with Crippen LogP contribution in [0.2, 0.25) is 0 Å². The van der Waals surface area contributed by atoms with Crippen LogP contribution in [-0.2, 0) is 13.1 Å². The SMILES string of the molecule is O=C(c1ccccc1F)N1CCN(Cc2nc3ccccc3n2Cc2ccccc2)CC1. The molecule has 4 aromatic rings. The van der Waals surface area contributed by atoms with Crippen LogP contribution >= 0.6 is 0 Å². The lowest BCUT2D eigenvalue weighted by molar-refractivity contribution is 0.0620. The fraction of sp³-hybridized carbons (Fsp3) is 0.231. The maximum atomic E-state index is 14.0. The summed E-state index contributed by atoms with van der Waals surface area (Å²) in [5.74, 6) is 0.317. The molecule has 5 nitrogen and oxygen atoms in total. The van der Waals surface area contributed by atoms with Crippen LogP contribution in [0.3, 0.4) is 0 Å². The second kappa shape index (κ2) is 8.93. The fourth-order valence-electron chi connectivity index (χ4n) is 4.30. The third-order valence-electron chi connectivity index (χ3n) is 6.05. The highest BCUT2D eigenvalue weighted by atomic mass is 19.1. The third kappa shape index (κ3) is 4.14.